The summed E-state index contributed by atoms with van der Waals surface area (Å²) in [7, 11) is 0. The van der Waals surface area contributed by atoms with Gasteiger partial charge in [0.15, 0.2) is 0 Å². The van der Waals surface area contributed by atoms with Crippen LogP contribution in [0.3, 0.4) is 0 Å². The average Bonchev–Trinajstić information content (AvgIpc) is 2.99. The van der Waals surface area contributed by atoms with Crippen LogP contribution >= 0.6 is 11.6 Å². The number of nitrogens with zero attached hydrogens (tertiary/aromatic N) is 2. The van der Waals surface area contributed by atoms with Gasteiger partial charge in [-0.3, -0.25) is 4.90 Å². The summed E-state index contributed by atoms with van der Waals surface area (Å²) in [6, 6.07) is 8.02. The van der Waals surface area contributed by atoms with Gasteiger partial charge in [-0.05, 0) is 37.0 Å². The van der Waals surface area contributed by atoms with Gasteiger partial charge in [-0.1, -0.05) is 31.0 Å². The van der Waals surface area contributed by atoms with E-state index in [4.69, 9.17) is 16.3 Å². The highest BCUT2D eigenvalue weighted by molar-refractivity contribution is 6.30. The van der Waals surface area contributed by atoms with Crippen molar-refractivity contribution in [3.8, 4) is 0 Å². The summed E-state index contributed by atoms with van der Waals surface area (Å²) >= 11 is 6.08. The molecule has 3 atom stereocenters. The van der Waals surface area contributed by atoms with Crippen molar-refractivity contribution in [3.05, 3.63) is 29.3 Å². The van der Waals surface area contributed by atoms with Crippen LogP contribution in [0.5, 0.6) is 0 Å². The number of hydrogen-bond donors (Lipinski definition) is 1. The van der Waals surface area contributed by atoms with Gasteiger partial charge >= 0.3 is 0 Å². The molecule has 24 heavy (non-hydrogen) atoms. The Kier molecular flexibility index (Phi) is 6.39. The van der Waals surface area contributed by atoms with Crippen molar-refractivity contribution in [2.24, 2.45) is 5.92 Å². The minimum absolute atomic E-state index is 0.347. The molecule has 2 fully saturated rings. The molecule has 0 amide bonds. The maximum Gasteiger partial charge on any atom is 0.0900 e. The predicted octanol–water partition coefficient (Wildman–Crippen LogP) is 3.03. The molecule has 0 aromatic heterocycles. The number of benzene rings is 1. The van der Waals surface area contributed by atoms with E-state index < -0.39 is 6.10 Å². The molecule has 1 aromatic rings. The van der Waals surface area contributed by atoms with Gasteiger partial charge in [0.25, 0.3) is 0 Å². The fourth-order valence-corrected chi connectivity index (χ4v) is 3.99. The standard InChI is InChI=1S/C19H29ClN2O2/c1-15-4-2-7-19(15)24-14-18(23)13-21-8-10-22(11-9-21)17-6-3-5-16(20)12-17/h3,5-6,12,15,18-19,23H,2,4,7-11,13-14H2,1H3/t15-,18-,19+/m1/s1. The molecule has 3 rings (SSSR count). The van der Waals surface area contributed by atoms with Crippen LogP contribution in [0.4, 0.5) is 5.69 Å². The predicted molar refractivity (Wildman–Crippen MR) is 98.9 cm³/mol. The van der Waals surface area contributed by atoms with E-state index in [2.05, 4.69) is 22.8 Å². The second-order valence-corrected chi connectivity index (χ2v) is 7.64. The van der Waals surface area contributed by atoms with E-state index in [-0.39, 0.29) is 0 Å². The first-order valence-electron chi connectivity index (χ1n) is 9.14. The summed E-state index contributed by atoms with van der Waals surface area (Å²) in [5, 5.41) is 11.1. The summed E-state index contributed by atoms with van der Waals surface area (Å²) in [6.45, 7) is 7.26. The minimum Gasteiger partial charge on any atom is -0.389 e. The van der Waals surface area contributed by atoms with E-state index >= 15 is 0 Å². The Hall–Kier alpha value is -0.810. The number of hydrogen-bond acceptors (Lipinski definition) is 4. The Bertz CT molecular complexity index is 520. The van der Waals surface area contributed by atoms with Crippen LogP contribution in [-0.2, 0) is 4.74 Å². The van der Waals surface area contributed by atoms with Crippen molar-refractivity contribution >= 4 is 17.3 Å². The average molecular weight is 353 g/mol. The van der Waals surface area contributed by atoms with E-state index in [0.717, 1.165) is 37.6 Å². The van der Waals surface area contributed by atoms with Crippen LogP contribution in [-0.4, -0.2) is 61.5 Å². The first-order valence-corrected chi connectivity index (χ1v) is 9.52. The van der Waals surface area contributed by atoms with Gasteiger partial charge in [0.1, 0.15) is 0 Å². The van der Waals surface area contributed by atoms with Gasteiger partial charge in [-0.15, -0.1) is 0 Å². The number of aliphatic hydroxyl groups is 1. The monoisotopic (exact) mass is 352 g/mol. The zero-order chi connectivity index (χ0) is 16.9. The largest absolute Gasteiger partial charge is 0.389 e. The summed E-state index contributed by atoms with van der Waals surface area (Å²) in [6.07, 6.45) is 3.61. The quantitative estimate of drug-likeness (QED) is 0.853. The van der Waals surface area contributed by atoms with Crippen molar-refractivity contribution < 1.29 is 9.84 Å². The first kappa shape index (κ1) is 18.0. The second-order valence-electron chi connectivity index (χ2n) is 7.20. The molecule has 1 saturated heterocycles. The Labute approximate surface area is 150 Å². The lowest BCUT2D eigenvalue weighted by molar-refractivity contribution is -0.0321. The molecule has 1 heterocycles. The van der Waals surface area contributed by atoms with Gasteiger partial charge < -0.3 is 14.7 Å². The number of rotatable bonds is 6. The fourth-order valence-electron chi connectivity index (χ4n) is 3.81. The van der Waals surface area contributed by atoms with Gasteiger partial charge in [-0.25, -0.2) is 0 Å². The number of ether oxygens (including phenoxy) is 1. The van der Waals surface area contributed by atoms with Crippen LogP contribution in [0, 0.1) is 5.92 Å². The van der Waals surface area contributed by atoms with Crippen molar-refractivity contribution in [1.29, 1.82) is 0 Å². The zero-order valence-corrected chi connectivity index (χ0v) is 15.3. The number of halogens is 1. The molecule has 1 aromatic carbocycles. The third-order valence-electron chi connectivity index (χ3n) is 5.30. The molecule has 134 valence electrons. The molecular weight excluding hydrogens is 324 g/mol. The number of aliphatic hydroxyl groups excluding tert-OH is 1. The van der Waals surface area contributed by atoms with Gasteiger partial charge in [0, 0.05) is 43.4 Å². The van der Waals surface area contributed by atoms with Gasteiger partial charge in [-0.2, -0.15) is 0 Å². The van der Waals surface area contributed by atoms with Crippen LogP contribution in [0.25, 0.3) is 0 Å². The SMILES string of the molecule is C[C@@H]1CCC[C@@H]1OC[C@H](O)CN1CCN(c2cccc(Cl)c2)CC1. The molecule has 0 spiro atoms. The van der Waals surface area contributed by atoms with Gasteiger partial charge in [0.2, 0.25) is 0 Å². The maximum absolute atomic E-state index is 10.3. The molecule has 1 N–H and O–H groups in total. The Morgan fingerprint density at radius 3 is 2.71 bits per heavy atom. The fraction of sp³-hybridized carbons (Fsp3) is 0.684. The maximum atomic E-state index is 10.3. The van der Waals surface area contributed by atoms with Crippen LogP contribution in [0.15, 0.2) is 24.3 Å². The highest BCUT2D eigenvalue weighted by atomic mass is 35.5. The number of anilines is 1. The van der Waals surface area contributed by atoms with Gasteiger partial charge in [0.05, 0.1) is 18.8 Å². The lowest BCUT2D eigenvalue weighted by Crippen LogP contribution is -2.49. The van der Waals surface area contributed by atoms with E-state index in [9.17, 15) is 5.11 Å². The molecule has 1 saturated carbocycles. The highest BCUT2D eigenvalue weighted by Gasteiger charge is 2.25. The topological polar surface area (TPSA) is 35.9 Å². The molecule has 0 radical (unpaired) electrons. The summed E-state index contributed by atoms with van der Waals surface area (Å²) in [5.74, 6) is 0.637. The Balaban J connectivity index is 1.38. The Morgan fingerprint density at radius 1 is 1.25 bits per heavy atom. The van der Waals surface area contributed by atoms with Crippen molar-refractivity contribution in [3.63, 3.8) is 0 Å². The molecule has 1 aliphatic heterocycles. The molecular formula is C19H29ClN2O2. The molecule has 0 bridgehead atoms. The molecule has 4 nitrogen and oxygen atoms in total. The normalized spacial score (nSPS) is 26.7. The zero-order valence-electron chi connectivity index (χ0n) is 14.5. The highest BCUT2D eigenvalue weighted by Crippen LogP contribution is 2.27. The lowest BCUT2D eigenvalue weighted by atomic mass is 10.1. The summed E-state index contributed by atoms with van der Waals surface area (Å²) < 4.78 is 5.92. The van der Waals surface area contributed by atoms with Crippen molar-refractivity contribution in [2.75, 3.05) is 44.2 Å². The van der Waals surface area contributed by atoms with Crippen LogP contribution in [0.2, 0.25) is 5.02 Å². The van der Waals surface area contributed by atoms with E-state index in [0.29, 0.717) is 25.2 Å². The lowest BCUT2D eigenvalue weighted by Gasteiger charge is -2.37. The second kappa shape index (κ2) is 8.52. The Morgan fingerprint density at radius 2 is 2.04 bits per heavy atom. The van der Waals surface area contributed by atoms with E-state index in [1.165, 1.54) is 18.5 Å². The number of β-amino-alcohol motifs (C(OH)–C–C–N with tert-alkyl or cyclic N) is 1. The third-order valence-corrected chi connectivity index (χ3v) is 5.54. The summed E-state index contributed by atoms with van der Waals surface area (Å²) in [4.78, 5) is 4.68. The van der Waals surface area contributed by atoms with Crippen molar-refractivity contribution in [2.45, 2.75) is 38.4 Å². The van der Waals surface area contributed by atoms with Crippen LogP contribution in [0.1, 0.15) is 26.2 Å². The molecule has 1 aliphatic carbocycles. The molecule has 5 heteroatoms. The van der Waals surface area contributed by atoms with E-state index in [1.54, 1.807) is 0 Å². The minimum atomic E-state index is -0.393. The third kappa shape index (κ3) is 4.85. The van der Waals surface area contributed by atoms with Crippen LogP contribution < -0.4 is 4.90 Å². The molecule has 2 aliphatic rings. The van der Waals surface area contributed by atoms with E-state index in [1.807, 2.05) is 18.2 Å². The first-order chi connectivity index (χ1) is 11.6. The smallest absolute Gasteiger partial charge is 0.0900 e. The van der Waals surface area contributed by atoms with Crippen molar-refractivity contribution in [1.82, 2.24) is 4.90 Å². The molecule has 0 unspecified atom stereocenters. The summed E-state index contributed by atoms with van der Waals surface area (Å²) in [5.41, 5.74) is 1.18. The number of piperazine rings is 1.